The predicted molar refractivity (Wildman–Crippen MR) is 180 cm³/mol. The number of hydrogen-bond donors (Lipinski definition) is 1. The van der Waals surface area contributed by atoms with Crippen LogP contribution < -0.4 is 14.8 Å². The van der Waals surface area contributed by atoms with Gasteiger partial charge in [-0.25, -0.2) is 0 Å². The SMILES string of the molecule is COCOc1ccc(C(c2ccc(OCOC)cc2)c2c(C(=O)NCCc3ccncc3)n(CCN(C)C)c3ccccc23)cc1. The average Bonchev–Trinajstić information content (AvgIpc) is 3.41. The monoisotopic (exact) mass is 622 g/mol. The number of para-hydroxylation sites is 1. The molecule has 5 rings (SSSR count). The molecule has 0 spiro atoms. The fourth-order valence-corrected chi connectivity index (χ4v) is 5.65. The Bertz CT molecular complexity index is 1630. The summed E-state index contributed by atoms with van der Waals surface area (Å²) in [7, 11) is 7.29. The van der Waals surface area contributed by atoms with Crippen LogP contribution in [0.2, 0.25) is 0 Å². The summed E-state index contributed by atoms with van der Waals surface area (Å²) in [4.78, 5) is 20.6. The summed E-state index contributed by atoms with van der Waals surface area (Å²) in [6, 6.07) is 28.2. The van der Waals surface area contributed by atoms with E-state index >= 15 is 0 Å². The number of nitrogens with one attached hydrogen (secondary N) is 1. The molecule has 0 atom stereocenters. The van der Waals surface area contributed by atoms with Crippen LogP contribution in [0, 0.1) is 0 Å². The van der Waals surface area contributed by atoms with Crippen molar-refractivity contribution in [2.45, 2.75) is 18.9 Å². The van der Waals surface area contributed by atoms with Gasteiger partial charge in [-0.1, -0.05) is 42.5 Å². The van der Waals surface area contributed by atoms with Crippen LogP contribution in [0.25, 0.3) is 10.9 Å². The zero-order valence-corrected chi connectivity index (χ0v) is 26.9. The summed E-state index contributed by atoms with van der Waals surface area (Å²) < 4.78 is 23.8. The molecule has 0 aliphatic carbocycles. The smallest absolute Gasteiger partial charge is 0.268 e. The Morgan fingerprint density at radius 2 is 1.41 bits per heavy atom. The van der Waals surface area contributed by atoms with E-state index in [9.17, 15) is 4.79 Å². The topological polar surface area (TPSA) is 87.1 Å². The number of rotatable bonds is 16. The van der Waals surface area contributed by atoms with Gasteiger partial charge in [0.2, 0.25) is 0 Å². The standard InChI is InChI=1S/C37H42N4O5/c1-40(2)23-24-41-33-8-6-5-7-32(33)35(36(41)37(42)39-22-19-27-17-20-38-21-18-27)34(28-9-13-30(14-10-28)45-25-43-3)29-11-15-31(16-12-29)46-26-44-4/h5-18,20-21,34H,19,22-26H2,1-4H3,(H,39,42). The lowest BCUT2D eigenvalue weighted by atomic mass is 9.83. The molecule has 0 radical (unpaired) electrons. The van der Waals surface area contributed by atoms with Gasteiger partial charge in [-0.2, -0.15) is 0 Å². The van der Waals surface area contributed by atoms with Crippen molar-refractivity contribution in [2.24, 2.45) is 0 Å². The minimum absolute atomic E-state index is 0.107. The van der Waals surface area contributed by atoms with Gasteiger partial charge in [0.15, 0.2) is 13.6 Å². The maximum atomic E-state index is 14.4. The summed E-state index contributed by atoms with van der Waals surface area (Å²) in [5.74, 6) is 1.04. The van der Waals surface area contributed by atoms with Crippen molar-refractivity contribution >= 4 is 16.8 Å². The second-order valence-electron chi connectivity index (χ2n) is 11.3. The number of hydrogen-bond acceptors (Lipinski definition) is 7. The molecule has 2 heterocycles. The number of carbonyl (C=O) groups excluding carboxylic acids is 1. The minimum Gasteiger partial charge on any atom is -0.468 e. The number of pyridine rings is 1. The summed E-state index contributed by atoms with van der Waals surface area (Å²) >= 11 is 0. The Hall–Kier alpha value is -4.70. The van der Waals surface area contributed by atoms with Crippen LogP contribution in [0.15, 0.2) is 97.3 Å². The van der Waals surface area contributed by atoms with Crippen LogP contribution in [0.3, 0.4) is 0 Å². The second kappa shape index (κ2) is 16.0. The first-order valence-corrected chi connectivity index (χ1v) is 15.4. The number of benzene rings is 3. The van der Waals surface area contributed by atoms with Gasteiger partial charge in [0.25, 0.3) is 5.91 Å². The molecular weight excluding hydrogens is 580 g/mol. The molecular formula is C37H42N4O5. The zero-order chi connectivity index (χ0) is 32.3. The number of aromatic nitrogens is 2. The van der Waals surface area contributed by atoms with Crippen molar-refractivity contribution in [1.82, 2.24) is 19.8 Å². The third kappa shape index (κ3) is 7.92. The predicted octanol–water partition coefficient (Wildman–Crippen LogP) is 5.72. The second-order valence-corrected chi connectivity index (χ2v) is 11.3. The van der Waals surface area contributed by atoms with Crippen molar-refractivity contribution < 1.29 is 23.7 Å². The quantitative estimate of drug-likeness (QED) is 0.141. The number of methoxy groups -OCH3 is 2. The highest BCUT2D eigenvalue weighted by Crippen LogP contribution is 2.41. The lowest BCUT2D eigenvalue weighted by molar-refractivity contribution is 0.0509. The lowest BCUT2D eigenvalue weighted by Crippen LogP contribution is -2.30. The lowest BCUT2D eigenvalue weighted by Gasteiger charge is -2.22. The molecule has 0 bridgehead atoms. The molecule has 46 heavy (non-hydrogen) atoms. The van der Waals surface area contributed by atoms with E-state index in [1.165, 1.54) is 0 Å². The zero-order valence-electron chi connectivity index (χ0n) is 26.9. The fourth-order valence-electron chi connectivity index (χ4n) is 5.65. The Labute approximate surface area is 270 Å². The van der Waals surface area contributed by atoms with E-state index in [1.807, 2.05) is 62.6 Å². The van der Waals surface area contributed by atoms with Crippen LogP contribution >= 0.6 is 0 Å². The van der Waals surface area contributed by atoms with Crippen molar-refractivity contribution in [3.05, 3.63) is 125 Å². The van der Waals surface area contributed by atoms with Gasteiger partial charge in [-0.15, -0.1) is 0 Å². The number of fused-ring (bicyclic) bond motifs is 1. The summed E-state index contributed by atoms with van der Waals surface area (Å²) in [6.45, 7) is 2.25. The summed E-state index contributed by atoms with van der Waals surface area (Å²) in [5, 5.41) is 4.27. The molecule has 9 heteroatoms. The molecule has 0 saturated carbocycles. The normalized spacial score (nSPS) is 11.3. The van der Waals surface area contributed by atoms with Crippen LogP contribution in [0.4, 0.5) is 0 Å². The maximum Gasteiger partial charge on any atom is 0.268 e. The van der Waals surface area contributed by atoms with E-state index in [-0.39, 0.29) is 25.4 Å². The van der Waals surface area contributed by atoms with E-state index < -0.39 is 0 Å². The van der Waals surface area contributed by atoms with Crippen LogP contribution in [-0.4, -0.2) is 75.3 Å². The highest BCUT2D eigenvalue weighted by Gasteiger charge is 2.30. The van der Waals surface area contributed by atoms with Gasteiger partial charge in [-0.05, 0) is 79.7 Å². The summed E-state index contributed by atoms with van der Waals surface area (Å²) in [5.41, 5.74) is 5.79. The highest BCUT2D eigenvalue weighted by atomic mass is 16.7. The summed E-state index contributed by atoms with van der Waals surface area (Å²) in [6.07, 6.45) is 4.25. The third-order valence-electron chi connectivity index (χ3n) is 7.85. The van der Waals surface area contributed by atoms with Gasteiger partial charge in [0, 0.05) is 68.6 Å². The highest BCUT2D eigenvalue weighted by molar-refractivity contribution is 6.03. The Morgan fingerprint density at radius 1 is 0.826 bits per heavy atom. The van der Waals surface area contributed by atoms with Crippen molar-refractivity contribution in [3.63, 3.8) is 0 Å². The van der Waals surface area contributed by atoms with Crippen LogP contribution in [0.5, 0.6) is 11.5 Å². The molecule has 240 valence electrons. The molecule has 1 N–H and O–H groups in total. The Morgan fingerprint density at radius 3 is 1.98 bits per heavy atom. The largest absolute Gasteiger partial charge is 0.468 e. The molecule has 0 saturated heterocycles. The van der Waals surface area contributed by atoms with Gasteiger partial charge in [0.1, 0.15) is 17.2 Å². The average molecular weight is 623 g/mol. The molecule has 0 fully saturated rings. The Balaban J connectivity index is 1.64. The van der Waals surface area contributed by atoms with E-state index in [0.717, 1.165) is 39.7 Å². The van der Waals surface area contributed by atoms with Gasteiger partial charge >= 0.3 is 0 Å². The molecule has 2 aromatic heterocycles. The first-order valence-electron chi connectivity index (χ1n) is 15.4. The molecule has 5 aromatic rings. The van der Waals surface area contributed by atoms with Gasteiger partial charge in [0.05, 0.1) is 0 Å². The van der Waals surface area contributed by atoms with Gasteiger partial charge < -0.3 is 33.7 Å². The van der Waals surface area contributed by atoms with E-state index in [2.05, 4.69) is 56.2 Å². The third-order valence-corrected chi connectivity index (χ3v) is 7.85. The molecule has 9 nitrogen and oxygen atoms in total. The van der Waals surface area contributed by atoms with Crippen LogP contribution in [0.1, 0.15) is 38.7 Å². The molecule has 0 unspecified atom stereocenters. The van der Waals surface area contributed by atoms with Crippen molar-refractivity contribution in [2.75, 3.05) is 55.0 Å². The molecule has 0 aliphatic rings. The Kier molecular flexibility index (Phi) is 11.4. The van der Waals surface area contributed by atoms with Crippen molar-refractivity contribution in [3.8, 4) is 11.5 Å². The minimum atomic E-state index is -0.264. The van der Waals surface area contributed by atoms with Crippen LogP contribution in [-0.2, 0) is 22.4 Å². The number of likely N-dealkylation sites (N-methyl/N-ethyl adjacent to an activating group) is 1. The number of nitrogens with zero attached hydrogens (tertiary/aromatic N) is 3. The van der Waals surface area contributed by atoms with E-state index in [0.29, 0.717) is 36.7 Å². The maximum absolute atomic E-state index is 14.4. The van der Waals surface area contributed by atoms with E-state index in [1.54, 1.807) is 26.6 Å². The fraction of sp³-hybridized carbons (Fsp3) is 0.297. The molecule has 1 amide bonds. The van der Waals surface area contributed by atoms with E-state index in [4.69, 9.17) is 18.9 Å². The molecule has 3 aromatic carbocycles. The van der Waals surface area contributed by atoms with Crippen molar-refractivity contribution in [1.29, 1.82) is 0 Å². The number of carbonyl (C=O) groups is 1. The number of ether oxygens (including phenoxy) is 4. The first kappa shape index (κ1) is 32.7. The molecule has 0 aliphatic heterocycles. The first-order chi connectivity index (χ1) is 22.5. The number of amides is 1. The van der Waals surface area contributed by atoms with Gasteiger partial charge in [-0.3, -0.25) is 9.78 Å².